The van der Waals surface area contributed by atoms with Crippen molar-refractivity contribution in [3.63, 3.8) is 0 Å². The summed E-state index contributed by atoms with van der Waals surface area (Å²) in [6.45, 7) is 0.986. The molecular weight excluding hydrogens is 346 g/mol. The molecule has 0 spiro atoms. The first kappa shape index (κ1) is 20.2. The Balaban J connectivity index is 1.68. The molecule has 28 heavy (non-hydrogen) atoms. The maximum Gasteiger partial charge on any atom is 0.108 e. The predicted molar refractivity (Wildman–Crippen MR) is 116 cm³/mol. The molecule has 1 aromatic heterocycles. The smallest absolute Gasteiger partial charge is 0.108 e. The number of hydrogen-bond acceptors (Lipinski definition) is 3. The average Bonchev–Trinajstić information content (AvgIpc) is 2.77. The normalized spacial score (nSPS) is 19.1. The minimum atomic E-state index is -0.418. The zero-order valence-corrected chi connectivity index (χ0v) is 16.3. The summed E-state index contributed by atoms with van der Waals surface area (Å²) in [5.74, 6) is 0. The lowest BCUT2D eigenvalue weighted by Crippen LogP contribution is -2.29. The molecule has 1 aliphatic rings. The fourth-order valence-corrected chi connectivity index (χ4v) is 3.30. The highest BCUT2D eigenvalue weighted by molar-refractivity contribution is 5.75. The molecule has 2 aromatic rings. The zero-order chi connectivity index (χ0) is 19.5. The van der Waals surface area contributed by atoms with E-state index in [0.717, 1.165) is 37.7 Å². The highest BCUT2D eigenvalue weighted by Crippen LogP contribution is 2.31. The largest absolute Gasteiger partial charge is 0.396 e. The summed E-state index contributed by atoms with van der Waals surface area (Å²) in [6, 6.07) is 14.4. The predicted octanol–water partition coefficient (Wildman–Crippen LogP) is 5.45. The van der Waals surface area contributed by atoms with Crippen LogP contribution < -0.4 is 0 Å². The SMILES string of the molecule is OCCCCCCOC1(C=Cc2ccncc2)C=CC(c2ccccc2)=CC1. The molecule has 0 radical (unpaired) electrons. The Morgan fingerprint density at radius 3 is 2.50 bits per heavy atom. The van der Waals surface area contributed by atoms with E-state index in [2.05, 4.69) is 59.6 Å². The molecule has 3 rings (SSSR count). The van der Waals surface area contributed by atoms with Crippen LogP contribution in [0.2, 0.25) is 0 Å². The van der Waals surface area contributed by atoms with E-state index in [4.69, 9.17) is 9.84 Å². The summed E-state index contributed by atoms with van der Waals surface area (Å²) in [5.41, 5.74) is 3.17. The van der Waals surface area contributed by atoms with Gasteiger partial charge >= 0.3 is 0 Å². The lowest BCUT2D eigenvalue weighted by atomic mass is 9.88. The summed E-state index contributed by atoms with van der Waals surface area (Å²) in [4.78, 5) is 4.08. The number of unbranched alkanes of at least 4 members (excludes halogenated alkanes) is 3. The zero-order valence-electron chi connectivity index (χ0n) is 16.3. The van der Waals surface area contributed by atoms with Crippen molar-refractivity contribution in [2.45, 2.75) is 37.7 Å². The molecule has 1 aromatic carbocycles. The lowest BCUT2D eigenvalue weighted by Gasteiger charge is -2.30. The average molecular weight is 376 g/mol. The number of hydrogen-bond donors (Lipinski definition) is 1. The molecule has 3 heteroatoms. The number of benzene rings is 1. The second-order valence-electron chi connectivity index (χ2n) is 7.12. The van der Waals surface area contributed by atoms with E-state index in [0.29, 0.717) is 6.61 Å². The van der Waals surface area contributed by atoms with E-state index in [1.165, 1.54) is 11.1 Å². The first-order valence-corrected chi connectivity index (χ1v) is 10.1. The van der Waals surface area contributed by atoms with Crippen LogP contribution in [0.25, 0.3) is 11.6 Å². The van der Waals surface area contributed by atoms with E-state index >= 15 is 0 Å². The van der Waals surface area contributed by atoms with Crippen molar-refractivity contribution >= 4 is 11.6 Å². The molecule has 146 valence electrons. The van der Waals surface area contributed by atoms with Crippen molar-refractivity contribution in [3.05, 3.63) is 90.3 Å². The van der Waals surface area contributed by atoms with Crippen LogP contribution in [0.15, 0.2) is 79.2 Å². The summed E-state index contributed by atoms with van der Waals surface area (Å²) in [5, 5.41) is 8.90. The van der Waals surface area contributed by atoms with Crippen LogP contribution in [0.3, 0.4) is 0 Å². The number of aromatic nitrogens is 1. The van der Waals surface area contributed by atoms with Gasteiger partial charge in [-0.3, -0.25) is 4.98 Å². The second kappa shape index (κ2) is 10.7. The molecule has 1 atom stereocenters. The molecule has 0 aliphatic heterocycles. The van der Waals surface area contributed by atoms with Crippen molar-refractivity contribution in [1.29, 1.82) is 0 Å². The number of rotatable bonds is 10. The lowest BCUT2D eigenvalue weighted by molar-refractivity contribution is 0.0272. The van der Waals surface area contributed by atoms with Gasteiger partial charge in [0.1, 0.15) is 5.60 Å². The van der Waals surface area contributed by atoms with Gasteiger partial charge in [-0.15, -0.1) is 0 Å². The topological polar surface area (TPSA) is 42.4 Å². The Morgan fingerprint density at radius 2 is 1.79 bits per heavy atom. The summed E-state index contributed by atoms with van der Waals surface area (Å²) in [7, 11) is 0. The van der Waals surface area contributed by atoms with Crippen LogP contribution in [0.5, 0.6) is 0 Å². The van der Waals surface area contributed by atoms with Gasteiger partial charge in [0.15, 0.2) is 0 Å². The van der Waals surface area contributed by atoms with Crippen LogP contribution in [-0.2, 0) is 4.74 Å². The molecule has 0 bridgehead atoms. The minimum Gasteiger partial charge on any atom is -0.396 e. The van der Waals surface area contributed by atoms with Crippen LogP contribution >= 0.6 is 0 Å². The molecule has 1 unspecified atom stereocenters. The highest BCUT2D eigenvalue weighted by atomic mass is 16.5. The second-order valence-corrected chi connectivity index (χ2v) is 7.12. The van der Waals surface area contributed by atoms with Gasteiger partial charge in [-0.2, -0.15) is 0 Å². The van der Waals surface area contributed by atoms with Crippen molar-refractivity contribution < 1.29 is 9.84 Å². The molecule has 0 saturated heterocycles. The Hall–Kier alpha value is -2.49. The van der Waals surface area contributed by atoms with Gasteiger partial charge < -0.3 is 9.84 Å². The molecular formula is C25H29NO2. The number of ether oxygens (including phenoxy) is 1. The Labute approximate surface area is 168 Å². The monoisotopic (exact) mass is 375 g/mol. The first-order chi connectivity index (χ1) is 13.8. The molecule has 0 amide bonds. The molecule has 0 saturated carbocycles. The third kappa shape index (κ3) is 6.01. The van der Waals surface area contributed by atoms with Gasteiger partial charge in [0.25, 0.3) is 0 Å². The fourth-order valence-electron chi connectivity index (χ4n) is 3.30. The molecule has 1 N–H and O–H groups in total. The van der Waals surface area contributed by atoms with E-state index in [-0.39, 0.29) is 6.61 Å². The standard InChI is InChI=1S/C25H29NO2/c27-20-6-1-2-7-21-28-25(15-10-22-13-18-26-19-14-22)16-11-24(12-17-25)23-8-4-3-5-9-23/h3-5,8-16,18-19,27H,1-2,6-7,17,20-21H2. The van der Waals surface area contributed by atoms with Crippen molar-refractivity contribution in [2.75, 3.05) is 13.2 Å². The van der Waals surface area contributed by atoms with Gasteiger partial charge in [-0.1, -0.05) is 61.4 Å². The maximum atomic E-state index is 8.90. The number of nitrogens with zero attached hydrogens (tertiary/aromatic N) is 1. The minimum absolute atomic E-state index is 0.273. The third-order valence-corrected chi connectivity index (χ3v) is 4.98. The van der Waals surface area contributed by atoms with Crippen molar-refractivity contribution in [3.8, 4) is 0 Å². The Morgan fingerprint density at radius 1 is 1.00 bits per heavy atom. The third-order valence-electron chi connectivity index (χ3n) is 4.98. The highest BCUT2D eigenvalue weighted by Gasteiger charge is 2.26. The quantitative estimate of drug-likeness (QED) is 0.562. The van der Waals surface area contributed by atoms with Gasteiger partial charge in [-0.25, -0.2) is 0 Å². The van der Waals surface area contributed by atoms with Gasteiger partial charge in [0.2, 0.25) is 0 Å². The fraction of sp³-hybridized carbons (Fsp3) is 0.320. The summed E-state index contributed by atoms with van der Waals surface area (Å²) in [6.07, 6.45) is 19.3. The molecule has 1 aliphatic carbocycles. The molecule has 3 nitrogen and oxygen atoms in total. The van der Waals surface area contributed by atoms with E-state index in [9.17, 15) is 0 Å². The summed E-state index contributed by atoms with van der Waals surface area (Å²) < 4.78 is 6.36. The number of aliphatic hydroxyl groups excluding tert-OH is 1. The van der Waals surface area contributed by atoms with Gasteiger partial charge in [0, 0.05) is 32.0 Å². The number of allylic oxidation sites excluding steroid dienone is 2. The van der Waals surface area contributed by atoms with Crippen LogP contribution in [0, 0.1) is 0 Å². The van der Waals surface area contributed by atoms with E-state index in [1.807, 2.05) is 18.2 Å². The Bertz CT molecular complexity index is 796. The van der Waals surface area contributed by atoms with Crippen molar-refractivity contribution in [1.82, 2.24) is 4.98 Å². The van der Waals surface area contributed by atoms with Crippen LogP contribution in [-0.4, -0.2) is 28.9 Å². The number of pyridine rings is 1. The van der Waals surface area contributed by atoms with Crippen LogP contribution in [0.4, 0.5) is 0 Å². The van der Waals surface area contributed by atoms with Gasteiger partial charge in [-0.05, 0) is 53.8 Å². The van der Waals surface area contributed by atoms with E-state index in [1.54, 1.807) is 12.4 Å². The van der Waals surface area contributed by atoms with E-state index < -0.39 is 5.60 Å². The van der Waals surface area contributed by atoms with Crippen LogP contribution in [0.1, 0.15) is 43.2 Å². The summed E-state index contributed by atoms with van der Waals surface area (Å²) >= 11 is 0. The maximum absolute atomic E-state index is 8.90. The molecule has 0 fully saturated rings. The van der Waals surface area contributed by atoms with Crippen molar-refractivity contribution in [2.24, 2.45) is 0 Å². The first-order valence-electron chi connectivity index (χ1n) is 10.1. The Kier molecular flexibility index (Phi) is 7.77. The van der Waals surface area contributed by atoms with Gasteiger partial charge in [0.05, 0.1) is 0 Å². The number of aliphatic hydroxyl groups is 1. The molecule has 1 heterocycles.